The second-order valence-corrected chi connectivity index (χ2v) is 3.69. The zero-order chi connectivity index (χ0) is 8.43. The highest BCUT2D eigenvalue weighted by atomic mass is 32.2. The summed E-state index contributed by atoms with van der Waals surface area (Å²) in [5.74, 6) is -0.427. The first-order valence-electron chi connectivity index (χ1n) is 3.24. The van der Waals surface area contributed by atoms with Crippen LogP contribution in [0.1, 0.15) is 6.92 Å². The van der Waals surface area contributed by atoms with E-state index in [1.807, 2.05) is 6.92 Å². The van der Waals surface area contributed by atoms with Gasteiger partial charge in [0.05, 0.1) is 5.37 Å². The van der Waals surface area contributed by atoms with Gasteiger partial charge in [-0.25, -0.2) is 4.79 Å². The maximum Gasteiger partial charge on any atom is 0.327 e. The number of carboxylic acids is 1. The lowest BCUT2D eigenvalue weighted by atomic mass is 10.3. The van der Waals surface area contributed by atoms with Crippen LogP contribution in [0.2, 0.25) is 0 Å². The molecular weight excluding hydrogens is 166 g/mol. The number of hydrogen-bond donors (Lipinski definition) is 1. The van der Waals surface area contributed by atoms with Crippen molar-refractivity contribution in [3.63, 3.8) is 0 Å². The Morgan fingerprint density at radius 1 is 1.82 bits per heavy atom. The van der Waals surface area contributed by atoms with E-state index in [9.17, 15) is 9.59 Å². The van der Waals surface area contributed by atoms with Crippen LogP contribution in [0.4, 0.5) is 0 Å². The topological polar surface area (TPSA) is 57.6 Å². The van der Waals surface area contributed by atoms with Crippen LogP contribution >= 0.6 is 11.8 Å². The van der Waals surface area contributed by atoms with Crippen LogP contribution in [0.3, 0.4) is 0 Å². The summed E-state index contributed by atoms with van der Waals surface area (Å²) in [5, 5.41) is 8.61. The minimum atomic E-state index is -0.922. The van der Waals surface area contributed by atoms with Gasteiger partial charge in [0.15, 0.2) is 0 Å². The Morgan fingerprint density at radius 2 is 2.45 bits per heavy atom. The molecule has 1 saturated heterocycles. The lowest BCUT2D eigenvalue weighted by Crippen LogP contribution is -2.39. The third kappa shape index (κ3) is 1.48. The second-order valence-electron chi connectivity index (χ2n) is 2.34. The Bertz CT molecular complexity index is 185. The molecular formula is C6H9NO3S. The Kier molecular flexibility index (Phi) is 2.38. The first-order valence-corrected chi connectivity index (χ1v) is 4.29. The van der Waals surface area contributed by atoms with E-state index in [0.29, 0.717) is 12.2 Å². The molecule has 1 unspecified atom stereocenters. The summed E-state index contributed by atoms with van der Waals surface area (Å²) < 4.78 is 0. The maximum atomic E-state index is 10.5. The van der Waals surface area contributed by atoms with Crippen molar-refractivity contribution in [1.29, 1.82) is 0 Å². The summed E-state index contributed by atoms with van der Waals surface area (Å²) in [6.45, 7) is 1.82. The number of carbonyl (C=O) groups excluding carboxylic acids is 1. The molecule has 1 aliphatic heterocycles. The highest BCUT2D eigenvalue weighted by Gasteiger charge is 2.34. The van der Waals surface area contributed by atoms with Crippen LogP contribution in [-0.4, -0.2) is 39.6 Å². The van der Waals surface area contributed by atoms with Gasteiger partial charge in [0.25, 0.3) is 0 Å². The van der Waals surface area contributed by atoms with E-state index in [4.69, 9.17) is 5.11 Å². The summed E-state index contributed by atoms with van der Waals surface area (Å²) in [6.07, 6.45) is 0.601. The summed E-state index contributed by atoms with van der Waals surface area (Å²) in [7, 11) is 0. The number of thioether (sulfide) groups is 1. The molecule has 1 amide bonds. The van der Waals surface area contributed by atoms with E-state index >= 15 is 0 Å². The normalized spacial score (nSPS) is 30.5. The monoisotopic (exact) mass is 175 g/mol. The predicted molar refractivity (Wildman–Crippen MR) is 41.2 cm³/mol. The molecule has 2 atom stereocenters. The smallest absolute Gasteiger partial charge is 0.327 e. The maximum absolute atomic E-state index is 10.5. The zero-order valence-electron chi connectivity index (χ0n) is 6.06. The van der Waals surface area contributed by atoms with Gasteiger partial charge in [-0.2, -0.15) is 0 Å². The van der Waals surface area contributed by atoms with Crippen LogP contribution in [0, 0.1) is 0 Å². The van der Waals surface area contributed by atoms with E-state index in [2.05, 4.69) is 0 Å². The van der Waals surface area contributed by atoms with Crippen molar-refractivity contribution < 1.29 is 14.7 Å². The molecule has 11 heavy (non-hydrogen) atoms. The molecule has 1 fully saturated rings. The zero-order valence-corrected chi connectivity index (χ0v) is 6.87. The van der Waals surface area contributed by atoms with Crippen molar-refractivity contribution >= 4 is 24.1 Å². The van der Waals surface area contributed by atoms with Crippen LogP contribution in [-0.2, 0) is 9.59 Å². The van der Waals surface area contributed by atoms with Crippen molar-refractivity contribution in [2.75, 3.05) is 5.75 Å². The third-order valence-corrected chi connectivity index (χ3v) is 2.92. The number of carboxylic acid groups (broad SMARTS) is 1. The Hall–Kier alpha value is -0.710. The van der Waals surface area contributed by atoms with Crippen molar-refractivity contribution in [2.45, 2.75) is 18.3 Å². The van der Waals surface area contributed by atoms with E-state index < -0.39 is 12.0 Å². The molecule has 0 aliphatic carbocycles. The highest BCUT2D eigenvalue weighted by Crippen LogP contribution is 2.26. The number of carbonyl (C=O) groups is 2. The lowest BCUT2D eigenvalue weighted by Gasteiger charge is -2.18. The molecule has 0 saturated carbocycles. The molecule has 0 aromatic carbocycles. The van der Waals surface area contributed by atoms with Gasteiger partial charge in [-0.1, -0.05) is 0 Å². The summed E-state index contributed by atoms with van der Waals surface area (Å²) >= 11 is 1.48. The van der Waals surface area contributed by atoms with E-state index in [0.717, 1.165) is 0 Å². The van der Waals surface area contributed by atoms with E-state index in [1.54, 1.807) is 0 Å². The molecule has 0 aromatic rings. The predicted octanol–water partition coefficient (Wildman–Crippen LogP) is -0.00920. The molecule has 0 radical (unpaired) electrons. The Balaban J connectivity index is 2.68. The quantitative estimate of drug-likeness (QED) is 0.600. The largest absolute Gasteiger partial charge is 0.480 e. The molecule has 4 nitrogen and oxygen atoms in total. The van der Waals surface area contributed by atoms with Crippen molar-refractivity contribution in [3.8, 4) is 0 Å². The van der Waals surface area contributed by atoms with E-state index in [1.165, 1.54) is 16.7 Å². The van der Waals surface area contributed by atoms with E-state index in [-0.39, 0.29) is 5.37 Å². The molecule has 5 heteroatoms. The minimum absolute atomic E-state index is 0.00593. The first-order chi connectivity index (χ1) is 5.16. The number of aliphatic carboxylic acids is 1. The van der Waals surface area contributed by atoms with Gasteiger partial charge in [0, 0.05) is 5.75 Å². The molecule has 1 heterocycles. The average Bonchev–Trinajstić information content (AvgIpc) is 2.30. The molecule has 0 spiro atoms. The summed E-state index contributed by atoms with van der Waals surface area (Å²) in [6, 6.07) is -0.632. The fourth-order valence-corrected chi connectivity index (χ4v) is 2.16. The van der Waals surface area contributed by atoms with Gasteiger partial charge < -0.3 is 10.0 Å². The van der Waals surface area contributed by atoms with Crippen LogP contribution < -0.4 is 0 Å². The van der Waals surface area contributed by atoms with Gasteiger partial charge >= 0.3 is 5.97 Å². The number of hydrogen-bond acceptors (Lipinski definition) is 3. The third-order valence-electron chi connectivity index (χ3n) is 1.68. The van der Waals surface area contributed by atoms with Crippen LogP contribution in [0.15, 0.2) is 0 Å². The van der Waals surface area contributed by atoms with Gasteiger partial charge in [0.1, 0.15) is 6.04 Å². The number of nitrogens with zero attached hydrogens (tertiary/aromatic N) is 1. The van der Waals surface area contributed by atoms with Crippen LogP contribution in [0.25, 0.3) is 0 Å². The Morgan fingerprint density at radius 3 is 2.82 bits per heavy atom. The van der Waals surface area contributed by atoms with Gasteiger partial charge in [-0.15, -0.1) is 11.8 Å². The molecule has 62 valence electrons. The second kappa shape index (κ2) is 3.13. The summed E-state index contributed by atoms with van der Waals surface area (Å²) in [5.41, 5.74) is 0. The van der Waals surface area contributed by atoms with Crippen molar-refractivity contribution in [3.05, 3.63) is 0 Å². The van der Waals surface area contributed by atoms with Gasteiger partial charge in [-0.05, 0) is 6.92 Å². The van der Waals surface area contributed by atoms with Crippen LogP contribution in [0.5, 0.6) is 0 Å². The summed E-state index contributed by atoms with van der Waals surface area (Å²) in [4.78, 5) is 22.2. The molecule has 1 rings (SSSR count). The Labute approximate surface area is 68.6 Å². The number of rotatable bonds is 2. The molecule has 1 aliphatic rings. The fraction of sp³-hybridized carbons (Fsp3) is 0.667. The standard InChI is InChI=1S/C6H9NO3S/c1-4-7(3-8)5(2-11-4)6(9)10/h3-5H,2H2,1H3,(H,9,10)/t4?,5-/m0/s1. The molecule has 0 aromatic heterocycles. The average molecular weight is 175 g/mol. The van der Waals surface area contributed by atoms with Gasteiger partial charge in [-0.3, -0.25) is 4.79 Å². The van der Waals surface area contributed by atoms with Crippen molar-refractivity contribution in [1.82, 2.24) is 4.90 Å². The van der Waals surface area contributed by atoms with Crippen molar-refractivity contribution in [2.24, 2.45) is 0 Å². The SMILES string of the molecule is CC1SC[C@@H](C(=O)O)N1C=O. The number of amides is 1. The highest BCUT2D eigenvalue weighted by molar-refractivity contribution is 8.00. The molecule has 1 N–H and O–H groups in total. The minimum Gasteiger partial charge on any atom is -0.480 e. The molecule has 0 bridgehead atoms. The fourth-order valence-electron chi connectivity index (χ4n) is 1.01. The van der Waals surface area contributed by atoms with Gasteiger partial charge in [0.2, 0.25) is 6.41 Å². The lowest BCUT2D eigenvalue weighted by molar-refractivity contribution is -0.145. The first kappa shape index (κ1) is 8.39.